The average molecular weight is 187 g/mol. The van der Waals surface area contributed by atoms with E-state index in [4.69, 9.17) is 5.11 Å². The number of halogens is 1. The maximum atomic E-state index is 10.4. The number of carbonyl (C=O) groups excluding carboxylic acids is 1. The Bertz CT molecular complexity index is 296. The molecule has 0 bridgehead atoms. The molecule has 64 valence electrons. The fourth-order valence-electron chi connectivity index (χ4n) is 0.745. The van der Waals surface area contributed by atoms with E-state index in [0.717, 1.165) is 0 Å². The second kappa shape index (κ2) is 4.51. The molecule has 0 aliphatic carbocycles. The fraction of sp³-hybridized carbons (Fsp3) is 0. The van der Waals surface area contributed by atoms with Gasteiger partial charge in [0.15, 0.2) is 0 Å². The van der Waals surface area contributed by atoms with E-state index in [0.29, 0.717) is 11.8 Å². The molecule has 12 heavy (non-hydrogen) atoms. The molecule has 0 amide bonds. The zero-order valence-electron chi connectivity index (χ0n) is 6.06. The van der Waals surface area contributed by atoms with Crippen molar-refractivity contribution in [2.24, 2.45) is 0 Å². The number of carboxylic acids is 1. The van der Waals surface area contributed by atoms with Crippen LogP contribution in [0, 0.1) is 0 Å². The van der Waals surface area contributed by atoms with Crippen molar-refractivity contribution in [2.75, 3.05) is 0 Å². The minimum Gasteiger partial charge on any atom is -0.478 e. The molecule has 0 fully saturated rings. The lowest BCUT2D eigenvalue weighted by Crippen LogP contribution is -1.96. The van der Waals surface area contributed by atoms with E-state index in [2.05, 4.69) is 0 Å². The standard InChI is InChI=1S/C8H6O3.ClH/c9-5-6-2-1-3-7(4-6)8(10)11;/h1-5H,(H,10,11);1H. The first-order chi connectivity index (χ1) is 5.24. The number of aromatic carboxylic acids is 1. The minimum absolute atomic E-state index is 0. The second-order valence-electron chi connectivity index (χ2n) is 2.05. The summed E-state index contributed by atoms with van der Waals surface area (Å²) in [5, 5.41) is 8.49. The SMILES string of the molecule is Cl.O=Cc1cccc(C(=O)O)c1. The van der Waals surface area contributed by atoms with Crippen LogP contribution in [0.4, 0.5) is 0 Å². The van der Waals surface area contributed by atoms with Crippen molar-refractivity contribution in [1.82, 2.24) is 0 Å². The molecular formula is C8H7ClO3. The van der Waals surface area contributed by atoms with Gasteiger partial charge in [0.1, 0.15) is 6.29 Å². The summed E-state index contributed by atoms with van der Waals surface area (Å²) >= 11 is 0. The lowest BCUT2D eigenvalue weighted by Gasteiger charge is -1.92. The summed E-state index contributed by atoms with van der Waals surface area (Å²) in [6.45, 7) is 0. The Hall–Kier alpha value is -1.35. The summed E-state index contributed by atoms with van der Waals surface area (Å²) in [6, 6.07) is 5.86. The first kappa shape index (κ1) is 10.7. The molecule has 0 atom stereocenters. The van der Waals surface area contributed by atoms with Gasteiger partial charge < -0.3 is 5.11 Å². The molecule has 1 rings (SSSR count). The van der Waals surface area contributed by atoms with Gasteiger partial charge in [-0.25, -0.2) is 4.79 Å². The van der Waals surface area contributed by atoms with Crippen molar-refractivity contribution in [3.8, 4) is 0 Å². The molecule has 1 aromatic carbocycles. The van der Waals surface area contributed by atoms with E-state index >= 15 is 0 Å². The Labute approximate surface area is 75.4 Å². The van der Waals surface area contributed by atoms with E-state index < -0.39 is 5.97 Å². The molecule has 0 radical (unpaired) electrons. The van der Waals surface area contributed by atoms with Crippen LogP contribution in [0.3, 0.4) is 0 Å². The van der Waals surface area contributed by atoms with Gasteiger partial charge in [0.25, 0.3) is 0 Å². The largest absolute Gasteiger partial charge is 0.478 e. The van der Waals surface area contributed by atoms with Crippen molar-refractivity contribution in [3.05, 3.63) is 35.4 Å². The lowest BCUT2D eigenvalue weighted by molar-refractivity contribution is 0.0697. The van der Waals surface area contributed by atoms with Crippen LogP contribution in [0.5, 0.6) is 0 Å². The van der Waals surface area contributed by atoms with Crippen LogP contribution in [0.2, 0.25) is 0 Å². The van der Waals surface area contributed by atoms with Gasteiger partial charge in [0.2, 0.25) is 0 Å². The van der Waals surface area contributed by atoms with Gasteiger partial charge in [0.05, 0.1) is 5.56 Å². The highest BCUT2D eigenvalue weighted by Crippen LogP contribution is 2.02. The number of benzene rings is 1. The van der Waals surface area contributed by atoms with Gasteiger partial charge in [-0.15, -0.1) is 12.4 Å². The molecule has 0 unspecified atom stereocenters. The molecule has 0 spiro atoms. The fourth-order valence-corrected chi connectivity index (χ4v) is 0.745. The predicted molar refractivity (Wildman–Crippen MR) is 46.0 cm³/mol. The van der Waals surface area contributed by atoms with Crippen LogP contribution in [-0.4, -0.2) is 17.4 Å². The van der Waals surface area contributed by atoms with E-state index in [1.54, 1.807) is 6.07 Å². The first-order valence-electron chi connectivity index (χ1n) is 3.02. The van der Waals surface area contributed by atoms with Gasteiger partial charge in [0, 0.05) is 5.56 Å². The van der Waals surface area contributed by atoms with E-state index in [-0.39, 0.29) is 18.0 Å². The number of carboxylic acid groups (broad SMARTS) is 1. The summed E-state index contributed by atoms with van der Waals surface area (Å²) in [6.07, 6.45) is 0.617. The quantitative estimate of drug-likeness (QED) is 0.714. The summed E-state index contributed by atoms with van der Waals surface area (Å²) in [5.74, 6) is -1.02. The van der Waals surface area contributed by atoms with Gasteiger partial charge in [-0.1, -0.05) is 12.1 Å². The molecule has 4 heteroatoms. The predicted octanol–water partition coefficient (Wildman–Crippen LogP) is 1.62. The normalized spacial score (nSPS) is 8.33. The Morgan fingerprint density at radius 2 is 2.08 bits per heavy atom. The molecule has 0 heterocycles. The molecule has 0 aliphatic rings. The highest BCUT2D eigenvalue weighted by molar-refractivity contribution is 5.90. The van der Waals surface area contributed by atoms with Gasteiger partial charge >= 0.3 is 5.97 Å². The average Bonchev–Trinajstić information content (AvgIpc) is 2.05. The van der Waals surface area contributed by atoms with Crippen LogP contribution in [-0.2, 0) is 0 Å². The van der Waals surface area contributed by atoms with Crippen molar-refractivity contribution >= 4 is 24.7 Å². The molecule has 3 nitrogen and oxygen atoms in total. The van der Waals surface area contributed by atoms with E-state index in [9.17, 15) is 9.59 Å². The third kappa shape index (κ3) is 2.36. The third-order valence-corrected chi connectivity index (χ3v) is 1.27. The maximum absolute atomic E-state index is 10.4. The van der Waals surface area contributed by atoms with E-state index in [1.165, 1.54) is 18.2 Å². The number of hydrogen-bond acceptors (Lipinski definition) is 2. The summed E-state index contributed by atoms with van der Waals surface area (Å²) in [7, 11) is 0. The molecule has 1 aromatic rings. The van der Waals surface area contributed by atoms with Crippen molar-refractivity contribution in [1.29, 1.82) is 0 Å². The first-order valence-corrected chi connectivity index (χ1v) is 3.02. The molecule has 1 N–H and O–H groups in total. The Balaban J connectivity index is 0.00000121. The number of aldehydes is 1. The van der Waals surface area contributed by atoms with Crippen LogP contribution in [0.15, 0.2) is 24.3 Å². The number of carbonyl (C=O) groups is 2. The van der Waals surface area contributed by atoms with Gasteiger partial charge in [-0.3, -0.25) is 4.79 Å². The van der Waals surface area contributed by atoms with Crippen LogP contribution < -0.4 is 0 Å². The van der Waals surface area contributed by atoms with Gasteiger partial charge in [-0.05, 0) is 12.1 Å². The highest BCUT2D eigenvalue weighted by atomic mass is 35.5. The summed E-state index contributed by atoms with van der Waals surface area (Å²) < 4.78 is 0. The molecule has 0 aromatic heterocycles. The monoisotopic (exact) mass is 186 g/mol. The lowest BCUT2D eigenvalue weighted by atomic mass is 10.1. The van der Waals surface area contributed by atoms with Crippen molar-refractivity contribution < 1.29 is 14.7 Å². The van der Waals surface area contributed by atoms with Crippen molar-refractivity contribution in [3.63, 3.8) is 0 Å². The Kier molecular flexibility index (Phi) is 4.00. The molecule has 0 saturated carbocycles. The second-order valence-corrected chi connectivity index (χ2v) is 2.05. The van der Waals surface area contributed by atoms with Crippen LogP contribution >= 0.6 is 12.4 Å². The molecule has 0 aliphatic heterocycles. The minimum atomic E-state index is -1.02. The van der Waals surface area contributed by atoms with Crippen molar-refractivity contribution in [2.45, 2.75) is 0 Å². The summed E-state index contributed by atoms with van der Waals surface area (Å²) in [4.78, 5) is 20.5. The Morgan fingerprint density at radius 3 is 2.58 bits per heavy atom. The van der Waals surface area contributed by atoms with E-state index in [1.807, 2.05) is 0 Å². The number of rotatable bonds is 2. The van der Waals surface area contributed by atoms with Crippen LogP contribution in [0.1, 0.15) is 20.7 Å². The van der Waals surface area contributed by atoms with Crippen LogP contribution in [0.25, 0.3) is 0 Å². The number of hydrogen-bond donors (Lipinski definition) is 1. The molecule has 0 saturated heterocycles. The van der Waals surface area contributed by atoms with Gasteiger partial charge in [-0.2, -0.15) is 0 Å². The maximum Gasteiger partial charge on any atom is 0.335 e. The molecular weight excluding hydrogens is 180 g/mol. The Morgan fingerprint density at radius 1 is 1.42 bits per heavy atom. The highest BCUT2D eigenvalue weighted by Gasteiger charge is 2.01. The smallest absolute Gasteiger partial charge is 0.335 e. The summed E-state index contributed by atoms with van der Waals surface area (Å²) in [5.41, 5.74) is 0.513. The third-order valence-electron chi connectivity index (χ3n) is 1.27. The zero-order chi connectivity index (χ0) is 8.27. The topological polar surface area (TPSA) is 54.4 Å². The zero-order valence-corrected chi connectivity index (χ0v) is 6.88.